The number of tetrazole rings is 1. The molecule has 5 aromatic rings. The Morgan fingerprint density at radius 3 is 2.54 bits per heavy atom. The number of nitrogens with zero attached hydrogens (tertiary/aromatic N) is 4. The van der Waals surface area contributed by atoms with Crippen LogP contribution in [0.15, 0.2) is 91.0 Å². The van der Waals surface area contributed by atoms with Crippen molar-refractivity contribution in [1.82, 2.24) is 20.6 Å². The number of aromatic nitrogens is 4. The Kier molecular flexibility index (Phi) is 7.28. The van der Waals surface area contributed by atoms with E-state index >= 15 is 0 Å². The predicted octanol–water partition coefficient (Wildman–Crippen LogP) is 5.91. The molecule has 0 saturated carbocycles. The number of hydrogen-bond donors (Lipinski definition) is 3. The monoisotopic (exact) mass is 564 g/mol. The minimum atomic E-state index is -0.727. The molecule has 41 heavy (non-hydrogen) atoms. The summed E-state index contributed by atoms with van der Waals surface area (Å²) in [5, 5.41) is 28.4. The van der Waals surface area contributed by atoms with Gasteiger partial charge < -0.3 is 15.3 Å². The number of nitrogens with one attached hydrogen (secondary N) is 2. The zero-order chi connectivity index (χ0) is 28.3. The summed E-state index contributed by atoms with van der Waals surface area (Å²) in [6, 6.07) is 27.2. The number of aliphatic hydroxyl groups excluding tert-OH is 1. The van der Waals surface area contributed by atoms with Crippen molar-refractivity contribution in [2.24, 2.45) is 0 Å². The first kappa shape index (κ1) is 26.4. The van der Waals surface area contributed by atoms with Gasteiger partial charge in [0.15, 0.2) is 0 Å². The summed E-state index contributed by atoms with van der Waals surface area (Å²) >= 11 is 6.20. The molecule has 0 bridgehead atoms. The number of H-pyrrole nitrogens is 1. The fraction of sp³-hybridized carbons (Fsp3) is 0.129. The second-order valence-electron chi connectivity index (χ2n) is 9.68. The minimum absolute atomic E-state index is 0.209. The number of hydrogen-bond acceptors (Lipinski definition) is 6. The van der Waals surface area contributed by atoms with Crippen LogP contribution in [-0.4, -0.2) is 44.1 Å². The summed E-state index contributed by atoms with van der Waals surface area (Å²) in [5.74, 6) is -0.384. The van der Waals surface area contributed by atoms with Crippen molar-refractivity contribution in [3.8, 4) is 22.5 Å². The van der Waals surface area contributed by atoms with Gasteiger partial charge in [0, 0.05) is 39.6 Å². The molecule has 1 atom stereocenters. The zero-order valence-electron chi connectivity index (χ0n) is 21.8. The second kappa shape index (κ2) is 11.3. The lowest BCUT2D eigenvalue weighted by Crippen LogP contribution is -2.32. The molecule has 6 rings (SSSR count). The van der Waals surface area contributed by atoms with Crippen LogP contribution in [0.1, 0.15) is 45.2 Å². The zero-order valence-corrected chi connectivity index (χ0v) is 22.5. The molecule has 1 unspecified atom stereocenters. The van der Waals surface area contributed by atoms with Crippen LogP contribution in [0.2, 0.25) is 5.02 Å². The summed E-state index contributed by atoms with van der Waals surface area (Å²) in [6.45, 7) is 0.408. The van der Waals surface area contributed by atoms with Gasteiger partial charge in [-0.2, -0.15) is 5.21 Å². The minimum Gasteiger partial charge on any atom is -0.388 e. The van der Waals surface area contributed by atoms with Gasteiger partial charge >= 0.3 is 0 Å². The van der Waals surface area contributed by atoms with Crippen molar-refractivity contribution >= 4 is 34.8 Å². The molecule has 1 aromatic heterocycles. The number of rotatable bonds is 5. The number of benzene rings is 4. The van der Waals surface area contributed by atoms with Crippen LogP contribution in [0.5, 0.6) is 0 Å². The third-order valence-electron chi connectivity index (χ3n) is 7.09. The number of carbonyl (C=O) groups excluding carboxylic acids is 2. The third kappa shape index (κ3) is 5.32. The maximum absolute atomic E-state index is 14.0. The Labute approximate surface area is 240 Å². The number of halogens is 1. The SMILES string of the molecule is O=C(Nc1ccc(C(=O)N2CCCC(O)c3cc(Cl)ccc32)c(-c2nn[nH]n2)c1)c1ccccc1-c1ccccc1. The maximum atomic E-state index is 14.0. The van der Waals surface area contributed by atoms with E-state index in [1.807, 2.05) is 48.5 Å². The molecule has 0 radical (unpaired) electrons. The largest absolute Gasteiger partial charge is 0.388 e. The van der Waals surface area contributed by atoms with E-state index in [4.69, 9.17) is 11.6 Å². The smallest absolute Gasteiger partial charge is 0.259 e. The van der Waals surface area contributed by atoms with Crippen molar-refractivity contribution in [3.63, 3.8) is 0 Å². The number of carbonyl (C=O) groups is 2. The molecule has 2 amide bonds. The number of aliphatic hydroxyl groups is 1. The van der Waals surface area contributed by atoms with Crippen molar-refractivity contribution in [2.45, 2.75) is 18.9 Å². The normalized spacial score (nSPS) is 14.7. The average molecular weight is 565 g/mol. The third-order valence-corrected chi connectivity index (χ3v) is 7.33. The molecule has 204 valence electrons. The van der Waals surface area contributed by atoms with Gasteiger partial charge in [-0.1, -0.05) is 60.1 Å². The molecule has 0 saturated heterocycles. The number of anilines is 2. The van der Waals surface area contributed by atoms with Gasteiger partial charge in [0.1, 0.15) is 0 Å². The fourth-order valence-electron chi connectivity index (χ4n) is 5.13. The predicted molar refractivity (Wildman–Crippen MR) is 157 cm³/mol. The van der Waals surface area contributed by atoms with Gasteiger partial charge in [-0.05, 0) is 71.6 Å². The number of fused-ring (bicyclic) bond motifs is 1. The van der Waals surface area contributed by atoms with Crippen LogP contribution in [0.25, 0.3) is 22.5 Å². The molecule has 1 aliphatic rings. The lowest BCUT2D eigenvalue weighted by Gasteiger charge is -2.24. The van der Waals surface area contributed by atoms with Crippen LogP contribution < -0.4 is 10.2 Å². The maximum Gasteiger partial charge on any atom is 0.259 e. The highest BCUT2D eigenvalue weighted by molar-refractivity contribution is 6.30. The summed E-state index contributed by atoms with van der Waals surface area (Å²) in [4.78, 5) is 29.1. The van der Waals surface area contributed by atoms with Crippen molar-refractivity contribution in [1.29, 1.82) is 0 Å². The highest BCUT2D eigenvalue weighted by atomic mass is 35.5. The first-order valence-electron chi connectivity index (χ1n) is 13.1. The fourth-order valence-corrected chi connectivity index (χ4v) is 5.31. The second-order valence-corrected chi connectivity index (χ2v) is 10.1. The first-order valence-corrected chi connectivity index (χ1v) is 13.5. The van der Waals surface area contributed by atoms with Crippen molar-refractivity contribution in [2.75, 3.05) is 16.8 Å². The quantitative estimate of drug-likeness (QED) is 0.244. The van der Waals surface area contributed by atoms with E-state index in [0.717, 1.165) is 11.1 Å². The van der Waals surface area contributed by atoms with E-state index in [9.17, 15) is 14.7 Å². The molecule has 0 aliphatic carbocycles. The van der Waals surface area contributed by atoms with Gasteiger partial charge in [0.05, 0.1) is 11.7 Å². The molecule has 1 aliphatic heterocycles. The standard InChI is InChI=1S/C31H25ClN6O3/c32-20-12-15-27-26(17-20)28(39)11-6-16-38(27)31(41)24-14-13-21(18-25(24)29-34-36-37-35-29)33-30(40)23-10-5-4-9-22(23)19-7-2-1-3-8-19/h1-5,7-10,12-15,17-18,28,39H,6,11,16H2,(H,33,40)(H,34,35,36,37). The summed E-state index contributed by atoms with van der Waals surface area (Å²) in [7, 11) is 0. The van der Waals surface area contributed by atoms with E-state index in [-0.39, 0.29) is 17.6 Å². The van der Waals surface area contributed by atoms with Gasteiger partial charge in [-0.25, -0.2) is 0 Å². The van der Waals surface area contributed by atoms with E-state index in [1.54, 1.807) is 47.4 Å². The summed E-state index contributed by atoms with van der Waals surface area (Å²) in [6.07, 6.45) is 0.380. The number of aromatic amines is 1. The molecule has 9 nitrogen and oxygen atoms in total. The molecule has 0 fully saturated rings. The highest BCUT2D eigenvalue weighted by Gasteiger charge is 2.29. The molecule has 4 aromatic carbocycles. The molecule has 2 heterocycles. The van der Waals surface area contributed by atoms with Gasteiger partial charge in [0.2, 0.25) is 5.82 Å². The van der Waals surface area contributed by atoms with Crippen LogP contribution in [0.4, 0.5) is 11.4 Å². The Morgan fingerprint density at radius 2 is 1.73 bits per heavy atom. The molecule has 10 heteroatoms. The average Bonchev–Trinajstić information content (AvgIpc) is 3.49. The first-order chi connectivity index (χ1) is 20.0. The van der Waals surface area contributed by atoms with Crippen LogP contribution in [0, 0.1) is 0 Å². The van der Waals surface area contributed by atoms with Gasteiger partial charge in [-0.15, -0.1) is 10.2 Å². The Morgan fingerprint density at radius 1 is 0.927 bits per heavy atom. The van der Waals surface area contributed by atoms with E-state index in [2.05, 4.69) is 25.9 Å². The van der Waals surface area contributed by atoms with Crippen molar-refractivity contribution < 1.29 is 14.7 Å². The topological polar surface area (TPSA) is 124 Å². The van der Waals surface area contributed by atoms with E-state index in [0.29, 0.717) is 58.0 Å². The molecule has 0 spiro atoms. The lowest BCUT2D eigenvalue weighted by atomic mass is 9.99. The van der Waals surface area contributed by atoms with Crippen LogP contribution >= 0.6 is 11.6 Å². The van der Waals surface area contributed by atoms with Gasteiger partial charge in [-0.3, -0.25) is 9.59 Å². The summed E-state index contributed by atoms with van der Waals surface area (Å²) < 4.78 is 0. The highest BCUT2D eigenvalue weighted by Crippen LogP contribution is 2.37. The Hall–Kier alpha value is -4.86. The van der Waals surface area contributed by atoms with Crippen LogP contribution in [0.3, 0.4) is 0 Å². The number of amides is 2. The van der Waals surface area contributed by atoms with E-state index in [1.165, 1.54) is 0 Å². The van der Waals surface area contributed by atoms with E-state index < -0.39 is 6.10 Å². The van der Waals surface area contributed by atoms with Crippen molar-refractivity contribution in [3.05, 3.63) is 113 Å². The lowest BCUT2D eigenvalue weighted by molar-refractivity contribution is 0.0986. The molecular formula is C31H25ClN6O3. The summed E-state index contributed by atoms with van der Waals surface area (Å²) in [5.41, 5.74) is 4.63. The Bertz CT molecular complexity index is 1730. The van der Waals surface area contributed by atoms with Gasteiger partial charge in [0.25, 0.3) is 11.8 Å². The Balaban J connectivity index is 1.35. The molecule has 3 N–H and O–H groups in total. The van der Waals surface area contributed by atoms with Crippen LogP contribution in [-0.2, 0) is 0 Å². The molecular weight excluding hydrogens is 540 g/mol.